The molecule has 0 radical (unpaired) electrons. The molecular weight excluding hydrogens is 232 g/mol. The molecular formula is C12H14N4O2. The van der Waals surface area contributed by atoms with Crippen molar-refractivity contribution in [3.8, 4) is 0 Å². The highest BCUT2D eigenvalue weighted by Crippen LogP contribution is 2.16. The quantitative estimate of drug-likeness (QED) is 0.658. The molecule has 1 atom stereocenters. The minimum absolute atomic E-state index is 0.0926. The van der Waals surface area contributed by atoms with Crippen LogP contribution in [-0.4, -0.2) is 14.5 Å². The fraction of sp³-hybridized carbons (Fsp3) is 0.250. The molecule has 0 fully saturated rings. The van der Waals surface area contributed by atoms with Crippen LogP contribution in [0.15, 0.2) is 36.8 Å². The number of nitrogens with two attached hydrogens (primary N) is 1. The standard InChI is InChI=1S/C12H14N4O2/c1-9(13)12-6-14-8-15(12)7-10-3-2-4-11(5-10)16(17)18/h2-6,8-9H,7,13H2,1H3. The van der Waals surface area contributed by atoms with Crippen LogP contribution in [0.2, 0.25) is 0 Å². The van der Waals surface area contributed by atoms with Crippen LogP contribution in [0.4, 0.5) is 5.69 Å². The summed E-state index contributed by atoms with van der Waals surface area (Å²) in [6.45, 7) is 2.40. The van der Waals surface area contributed by atoms with E-state index in [0.717, 1.165) is 11.3 Å². The molecule has 0 spiro atoms. The number of nitrogens with zero attached hydrogens (tertiary/aromatic N) is 3. The zero-order valence-corrected chi connectivity index (χ0v) is 9.98. The second kappa shape index (κ2) is 4.97. The largest absolute Gasteiger partial charge is 0.329 e. The van der Waals surface area contributed by atoms with Gasteiger partial charge in [-0.25, -0.2) is 4.98 Å². The summed E-state index contributed by atoms with van der Waals surface area (Å²) in [4.78, 5) is 14.3. The lowest BCUT2D eigenvalue weighted by Crippen LogP contribution is -2.12. The third kappa shape index (κ3) is 2.54. The van der Waals surface area contributed by atoms with Crippen LogP contribution in [0.3, 0.4) is 0 Å². The predicted molar refractivity (Wildman–Crippen MR) is 67.0 cm³/mol. The minimum atomic E-state index is -0.399. The van der Waals surface area contributed by atoms with E-state index >= 15 is 0 Å². The van der Waals surface area contributed by atoms with E-state index in [9.17, 15) is 10.1 Å². The lowest BCUT2D eigenvalue weighted by Gasteiger charge is -2.10. The average Bonchev–Trinajstić information content (AvgIpc) is 2.77. The van der Waals surface area contributed by atoms with Crippen molar-refractivity contribution < 1.29 is 4.92 Å². The average molecular weight is 246 g/mol. The Balaban J connectivity index is 2.26. The van der Waals surface area contributed by atoms with Crippen molar-refractivity contribution in [3.05, 3.63) is 58.2 Å². The van der Waals surface area contributed by atoms with Crippen molar-refractivity contribution in [3.63, 3.8) is 0 Å². The van der Waals surface area contributed by atoms with Crippen molar-refractivity contribution in [2.75, 3.05) is 0 Å². The first kappa shape index (κ1) is 12.3. The second-order valence-corrected chi connectivity index (χ2v) is 4.16. The van der Waals surface area contributed by atoms with Gasteiger partial charge in [-0.2, -0.15) is 0 Å². The number of benzene rings is 1. The van der Waals surface area contributed by atoms with Crippen LogP contribution in [-0.2, 0) is 6.54 Å². The van der Waals surface area contributed by atoms with Crippen molar-refractivity contribution in [2.24, 2.45) is 5.73 Å². The number of nitro groups is 1. The molecule has 0 saturated carbocycles. The van der Waals surface area contributed by atoms with Crippen molar-refractivity contribution in [1.82, 2.24) is 9.55 Å². The topological polar surface area (TPSA) is 87.0 Å². The molecule has 0 aliphatic rings. The summed E-state index contributed by atoms with van der Waals surface area (Å²) in [6, 6.07) is 6.44. The smallest absolute Gasteiger partial charge is 0.269 e. The monoisotopic (exact) mass is 246 g/mol. The first-order valence-corrected chi connectivity index (χ1v) is 5.57. The molecule has 0 aliphatic heterocycles. The summed E-state index contributed by atoms with van der Waals surface area (Å²) < 4.78 is 1.89. The van der Waals surface area contributed by atoms with E-state index in [1.54, 1.807) is 24.7 Å². The number of aromatic nitrogens is 2. The first-order chi connectivity index (χ1) is 8.58. The molecule has 1 heterocycles. The van der Waals surface area contributed by atoms with Gasteiger partial charge in [0.2, 0.25) is 0 Å². The van der Waals surface area contributed by atoms with Gasteiger partial charge in [0.1, 0.15) is 0 Å². The number of rotatable bonds is 4. The molecule has 2 aromatic rings. The Labute approximate surface area is 104 Å². The maximum absolute atomic E-state index is 10.7. The number of hydrogen-bond acceptors (Lipinski definition) is 4. The van der Waals surface area contributed by atoms with Crippen molar-refractivity contribution in [2.45, 2.75) is 19.5 Å². The minimum Gasteiger partial charge on any atom is -0.329 e. The van der Waals surface area contributed by atoms with Gasteiger partial charge in [-0.15, -0.1) is 0 Å². The highest BCUT2D eigenvalue weighted by atomic mass is 16.6. The molecule has 18 heavy (non-hydrogen) atoms. The fourth-order valence-corrected chi connectivity index (χ4v) is 1.81. The van der Waals surface area contributed by atoms with E-state index in [1.165, 1.54) is 6.07 Å². The fourth-order valence-electron chi connectivity index (χ4n) is 1.81. The predicted octanol–water partition coefficient (Wildman–Crippen LogP) is 1.86. The Morgan fingerprint density at radius 1 is 1.56 bits per heavy atom. The Morgan fingerprint density at radius 2 is 2.33 bits per heavy atom. The van der Waals surface area contributed by atoms with Crippen molar-refractivity contribution >= 4 is 5.69 Å². The SMILES string of the molecule is CC(N)c1cncn1Cc1cccc([N+](=O)[O-])c1. The third-order valence-corrected chi connectivity index (χ3v) is 2.69. The highest BCUT2D eigenvalue weighted by molar-refractivity contribution is 5.34. The van der Waals surface area contributed by atoms with Gasteiger partial charge in [-0.1, -0.05) is 12.1 Å². The van der Waals surface area contributed by atoms with Crippen LogP contribution >= 0.6 is 0 Å². The van der Waals surface area contributed by atoms with E-state index in [0.29, 0.717) is 6.54 Å². The van der Waals surface area contributed by atoms with E-state index in [2.05, 4.69) is 4.98 Å². The summed E-state index contributed by atoms with van der Waals surface area (Å²) in [5.41, 5.74) is 7.67. The van der Waals surface area contributed by atoms with Crippen LogP contribution in [0.1, 0.15) is 24.2 Å². The number of imidazole rings is 1. The Hall–Kier alpha value is -2.21. The molecule has 6 nitrogen and oxygen atoms in total. The summed E-state index contributed by atoms with van der Waals surface area (Å²) in [5.74, 6) is 0. The van der Waals surface area contributed by atoms with Gasteiger partial charge in [0, 0.05) is 30.9 Å². The molecule has 94 valence electrons. The van der Waals surface area contributed by atoms with E-state index in [4.69, 9.17) is 5.73 Å². The van der Waals surface area contributed by atoms with Crippen LogP contribution in [0.25, 0.3) is 0 Å². The zero-order chi connectivity index (χ0) is 13.1. The summed E-state index contributed by atoms with van der Waals surface area (Å²) in [5, 5.41) is 10.7. The molecule has 1 aromatic heterocycles. The Morgan fingerprint density at radius 3 is 3.00 bits per heavy atom. The van der Waals surface area contributed by atoms with E-state index in [-0.39, 0.29) is 11.7 Å². The molecule has 0 saturated heterocycles. The molecule has 1 aromatic carbocycles. The maximum Gasteiger partial charge on any atom is 0.269 e. The lowest BCUT2D eigenvalue weighted by molar-refractivity contribution is -0.384. The lowest BCUT2D eigenvalue weighted by atomic mass is 10.2. The second-order valence-electron chi connectivity index (χ2n) is 4.16. The molecule has 2 N–H and O–H groups in total. The van der Waals surface area contributed by atoms with Gasteiger partial charge >= 0.3 is 0 Å². The molecule has 6 heteroatoms. The van der Waals surface area contributed by atoms with E-state index < -0.39 is 4.92 Å². The molecule has 0 bridgehead atoms. The summed E-state index contributed by atoms with van der Waals surface area (Å²) in [7, 11) is 0. The van der Waals surface area contributed by atoms with Crippen molar-refractivity contribution in [1.29, 1.82) is 0 Å². The molecule has 2 rings (SSSR count). The van der Waals surface area contributed by atoms with Gasteiger partial charge in [0.25, 0.3) is 5.69 Å². The Kier molecular flexibility index (Phi) is 3.38. The van der Waals surface area contributed by atoms with Gasteiger partial charge in [0.15, 0.2) is 0 Å². The van der Waals surface area contributed by atoms with E-state index in [1.807, 2.05) is 17.6 Å². The summed E-state index contributed by atoms with van der Waals surface area (Å²) >= 11 is 0. The van der Waals surface area contributed by atoms with Crippen LogP contribution in [0.5, 0.6) is 0 Å². The third-order valence-electron chi connectivity index (χ3n) is 2.69. The van der Waals surface area contributed by atoms with Gasteiger partial charge in [-0.05, 0) is 12.5 Å². The van der Waals surface area contributed by atoms with Gasteiger partial charge in [0.05, 0.1) is 16.9 Å². The van der Waals surface area contributed by atoms with Gasteiger partial charge in [-0.3, -0.25) is 10.1 Å². The number of hydrogen-bond donors (Lipinski definition) is 1. The number of non-ortho nitro benzene ring substituents is 1. The summed E-state index contributed by atoms with van der Waals surface area (Å²) in [6.07, 6.45) is 3.39. The molecule has 0 aliphatic carbocycles. The van der Waals surface area contributed by atoms with Gasteiger partial charge < -0.3 is 10.3 Å². The number of nitro benzene ring substituents is 1. The first-order valence-electron chi connectivity index (χ1n) is 5.57. The highest BCUT2D eigenvalue weighted by Gasteiger charge is 2.09. The molecule has 1 unspecified atom stereocenters. The maximum atomic E-state index is 10.7. The molecule has 0 amide bonds. The Bertz CT molecular complexity index is 563. The van der Waals surface area contributed by atoms with Crippen LogP contribution < -0.4 is 5.73 Å². The normalized spacial score (nSPS) is 12.3. The van der Waals surface area contributed by atoms with Crippen LogP contribution in [0, 0.1) is 10.1 Å². The zero-order valence-electron chi connectivity index (χ0n) is 9.98.